The van der Waals surface area contributed by atoms with Gasteiger partial charge in [0.1, 0.15) is 5.82 Å². The summed E-state index contributed by atoms with van der Waals surface area (Å²) < 4.78 is 10.8. The first kappa shape index (κ1) is 19.9. The van der Waals surface area contributed by atoms with E-state index in [9.17, 15) is 9.59 Å². The predicted molar refractivity (Wildman–Crippen MR) is 114 cm³/mol. The van der Waals surface area contributed by atoms with E-state index in [2.05, 4.69) is 15.3 Å². The second-order valence-corrected chi connectivity index (χ2v) is 7.45. The zero-order valence-electron chi connectivity index (χ0n) is 17.2. The quantitative estimate of drug-likeness (QED) is 0.628. The van der Waals surface area contributed by atoms with Crippen molar-refractivity contribution in [1.82, 2.24) is 15.3 Å². The van der Waals surface area contributed by atoms with Gasteiger partial charge in [0.2, 0.25) is 5.91 Å². The fourth-order valence-corrected chi connectivity index (χ4v) is 4.02. The normalized spacial score (nSPS) is 15.1. The van der Waals surface area contributed by atoms with Crippen LogP contribution in [0.25, 0.3) is 10.9 Å². The largest absolute Gasteiger partial charge is 0.493 e. The lowest BCUT2D eigenvalue weighted by Crippen LogP contribution is -2.27. The van der Waals surface area contributed by atoms with Crippen molar-refractivity contribution in [3.8, 4) is 11.5 Å². The van der Waals surface area contributed by atoms with Crippen molar-refractivity contribution in [2.45, 2.75) is 38.1 Å². The number of amides is 1. The van der Waals surface area contributed by atoms with Gasteiger partial charge in [0.05, 0.1) is 31.2 Å². The van der Waals surface area contributed by atoms with Crippen molar-refractivity contribution >= 4 is 16.8 Å². The highest BCUT2D eigenvalue weighted by Gasteiger charge is 2.26. The van der Waals surface area contributed by atoms with E-state index in [0.717, 1.165) is 18.4 Å². The monoisotopic (exact) mass is 407 g/mol. The molecule has 1 amide bonds. The number of nitrogens with one attached hydrogen (secondary N) is 2. The van der Waals surface area contributed by atoms with E-state index in [1.807, 2.05) is 30.3 Å². The number of ether oxygens (including phenoxy) is 2. The first-order valence-corrected chi connectivity index (χ1v) is 10.1. The van der Waals surface area contributed by atoms with E-state index in [1.54, 1.807) is 20.3 Å². The number of aromatic amines is 1. The summed E-state index contributed by atoms with van der Waals surface area (Å²) in [5.41, 5.74) is 2.79. The molecule has 2 N–H and O–H groups in total. The molecule has 156 valence electrons. The fourth-order valence-electron chi connectivity index (χ4n) is 4.02. The summed E-state index contributed by atoms with van der Waals surface area (Å²) in [6.07, 6.45) is 3.27. The first-order chi connectivity index (χ1) is 14.6. The van der Waals surface area contributed by atoms with Crippen molar-refractivity contribution in [1.29, 1.82) is 0 Å². The molecule has 0 fully saturated rings. The van der Waals surface area contributed by atoms with Crippen LogP contribution >= 0.6 is 0 Å². The van der Waals surface area contributed by atoms with Gasteiger partial charge in [-0.2, -0.15) is 0 Å². The van der Waals surface area contributed by atoms with Crippen LogP contribution in [0, 0.1) is 0 Å². The molecule has 3 aromatic rings. The second-order valence-electron chi connectivity index (χ2n) is 7.45. The molecule has 0 radical (unpaired) electrons. The summed E-state index contributed by atoms with van der Waals surface area (Å²) in [5, 5.41) is 3.70. The van der Waals surface area contributed by atoms with Gasteiger partial charge in [0.25, 0.3) is 5.56 Å². The number of H-pyrrole nitrogens is 1. The van der Waals surface area contributed by atoms with E-state index in [-0.39, 0.29) is 17.5 Å². The van der Waals surface area contributed by atoms with E-state index < -0.39 is 0 Å². The minimum atomic E-state index is -0.146. The van der Waals surface area contributed by atoms with E-state index in [0.29, 0.717) is 47.5 Å². The highest BCUT2D eigenvalue weighted by atomic mass is 16.5. The molecule has 30 heavy (non-hydrogen) atoms. The van der Waals surface area contributed by atoms with Crippen LogP contribution < -0.4 is 20.3 Å². The van der Waals surface area contributed by atoms with Gasteiger partial charge in [-0.15, -0.1) is 0 Å². The summed E-state index contributed by atoms with van der Waals surface area (Å²) in [6.45, 7) is 0. The SMILES string of the molecule is COc1cc2c(cc1OC)[C@H](NC(=O)CCCc1nc3ccccc3c(=O)[nH]1)CC2. The van der Waals surface area contributed by atoms with Crippen LogP contribution in [0.15, 0.2) is 41.2 Å². The number of hydrogen-bond donors (Lipinski definition) is 2. The standard InChI is InChI=1S/C23H25N3O4/c1-29-19-12-14-10-11-18(16(14)13-20(19)30-2)25-22(27)9-5-8-21-24-17-7-4-3-6-15(17)23(28)26-21/h3-4,6-7,12-13,18H,5,8-11H2,1-2H3,(H,25,27)(H,24,26,28)/t18-/m1/s1. The Hall–Kier alpha value is -3.35. The highest BCUT2D eigenvalue weighted by molar-refractivity contribution is 5.77. The maximum absolute atomic E-state index is 12.5. The van der Waals surface area contributed by atoms with Gasteiger partial charge in [-0.1, -0.05) is 12.1 Å². The predicted octanol–water partition coefficient (Wildman–Crippen LogP) is 3.07. The lowest BCUT2D eigenvalue weighted by molar-refractivity contribution is -0.121. The Bertz CT molecular complexity index is 1140. The summed E-state index contributed by atoms with van der Waals surface area (Å²) in [4.78, 5) is 31.9. The first-order valence-electron chi connectivity index (χ1n) is 10.1. The number of aromatic nitrogens is 2. The molecule has 2 aromatic carbocycles. The van der Waals surface area contributed by atoms with Gasteiger partial charge in [-0.3, -0.25) is 9.59 Å². The van der Waals surface area contributed by atoms with Crippen LogP contribution in [0.4, 0.5) is 0 Å². The molecule has 0 unspecified atom stereocenters. The molecule has 7 nitrogen and oxygen atoms in total. The molecule has 0 saturated carbocycles. The maximum Gasteiger partial charge on any atom is 0.258 e. The summed E-state index contributed by atoms with van der Waals surface area (Å²) in [5.74, 6) is 1.98. The van der Waals surface area contributed by atoms with Gasteiger partial charge < -0.3 is 19.8 Å². The Morgan fingerprint density at radius 2 is 1.97 bits per heavy atom. The average molecular weight is 407 g/mol. The maximum atomic E-state index is 12.5. The summed E-state index contributed by atoms with van der Waals surface area (Å²) >= 11 is 0. The average Bonchev–Trinajstić information content (AvgIpc) is 3.14. The number of benzene rings is 2. The van der Waals surface area contributed by atoms with Gasteiger partial charge in [0.15, 0.2) is 11.5 Å². The minimum absolute atomic E-state index is 0.00855. The van der Waals surface area contributed by atoms with Gasteiger partial charge in [-0.25, -0.2) is 4.98 Å². The molecule has 1 aliphatic carbocycles. The van der Waals surface area contributed by atoms with Crippen LogP contribution in [0.1, 0.15) is 42.3 Å². The molecule has 0 bridgehead atoms. The zero-order valence-corrected chi connectivity index (χ0v) is 17.2. The summed E-state index contributed by atoms with van der Waals surface area (Å²) in [6, 6.07) is 11.2. The second kappa shape index (κ2) is 8.57. The molecule has 0 aliphatic heterocycles. The smallest absolute Gasteiger partial charge is 0.258 e. The Morgan fingerprint density at radius 3 is 2.77 bits per heavy atom. The van der Waals surface area contributed by atoms with Crippen molar-refractivity contribution in [3.63, 3.8) is 0 Å². The molecule has 1 atom stereocenters. The number of carbonyl (C=O) groups excluding carboxylic acids is 1. The number of nitrogens with zero attached hydrogens (tertiary/aromatic N) is 1. The van der Waals surface area contributed by atoms with E-state index >= 15 is 0 Å². The number of rotatable bonds is 7. The number of aryl methyl sites for hydroxylation is 2. The molecular formula is C23H25N3O4. The third-order valence-electron chi connectivity index (χ3n) is 5.54. The zero-order chi connectivity index (χ0) is 21.1. The molecule has 7 heteroatoms. The molecule has 0 saturated heterocycles. The highest BCUT2D eigenvalue weighted by Crippen LogP contribution is 2.39. The van der Waals surface area contributed by atoms with Gasteiger partial charge in [0, 0.05) is 12.8 Å². The third-order valence-corrected chi connectivity index (χ3v) is 5.54. The van der Waals surface area contributed by atoms with Gasteiger partial charge >= 0.3 is 0 Å². The van der Waals surface area contributed by atoms with Crippen LogP contribution in [0.5, 0.6) is 11.5 Å². The Labute approximate surface area is 174 Å². The lowest BCUT2D eigenvalue weighted by atomic mass is 10.1. The fraction of sp³-hybridized carbons (Fsp3) is 0.348. The lowest BCUT2D eigenvalue weighted by Gasteiger charge is -2.16. The molecule has 0 spiro atoms. The van der Waals surface area contributed by atoms with Crippen molar-refractivity contribution in [2.75, 3.05) is 14.2 Å². The van der Waals surface area contributed by atoms with Crippen LogP contribution in [0.3, 0.4) is 0 Å². The number of hydrogen-bond acceptors (Lipinski definition) is 5. The molecule has 1 aliphatic rings. The Morgan fingerprint density at radius 1 is 1.20 bits per heavy atom. The molecule has 1 heterocycles. The van der Waals surface area contributed by atoms with Crippen molar-refractivity contribution < 1.29 is 14.3 Å². The van der Waals surface area contributed by atoms with Crippen LogP contribution in [-0.2, 0) is 17.6 Å². The minimum Gasteiger partial charge on any atom is -0.493 e. The van der Waals surface area contributed by atoms with Crippen molar-refractivity contribution in [2.24, 2.45) is 0 Å². The number of carbonyl (C=O) groups is 1. The number of fused-ring (bicyclic) bond motifs is 2. The van der Waals surface area contributed by atoms with Crippen LogP contribution in [0.2, 0.25) is 0 Å². The molecular weight excluding hydrogens is 382 g/mol. The number of para-hydroxylation sites is 1. The van der Waals surface area contributed by atoms with Gasteiger partial charge in [-0.05, 0) is 54.7 Å². The molecule has 4 rings (SSSR count). The Kier molecular flexibility index (Phi) is 5.70. The third kappa shape index (κ3) is 4.01. The van der Waals surface area contributed by atoms with E-state index in [4.69, 9.17) is 9.47 Å². The molecule has 1 aromatic heterocycles. The van der Waals surface area contributed by atoms with Crippen LogP contribution in [-0.4, -0.2) is 30.1 Å². The topological polar surface area (TPSA) is 93.3 Å². The Balaban J connectivity index is 1.36. The summed E-state index contributed by atoms with van der Waals surface area (Å²) in [7, 11) is 3.23. The number of methoxy groups -OCH3 is 2. The van der Waals surface area contributed by atoms with Crippen molar-refractivity contribution in [3.05, 3.63) is 63.7 Å². The van der Waals surface area contributed by atoms with E-state index in [1.165, 1.54) is 5.56 Å².